The highest BCUT2D eigenvalue weighted by Crippen LogP contribution is 2.34. The Kier molecular flexibility index (Phi) is 5.00. The lowest BCUT2D eigenvalue weighted by atomic mass is 9.93. The zero-order chi connectivity index (χ0) is 21.4. The first kappa shape index (κ1) is 19.6. The number of amides is 1. The second-order valence-corrected chi connectivity index (χ2v) is 7.79. The molecular formula is C20H16N4O5S. The number of fused-ring (bicyclic) bond motifs is 3. The van der Waals surface area contributed by atoms with Crippen LogP contribution in [0.5, 0.6) is 0 Å². The van der Waals surface area contributed by atoms with Crippen LogP contribution in [0.25, 0.3) is 11.3 Å². The number of hydrogen-bond donors (Lipinski definition) is 0. The summed E-state index contributed by atoms with van der Waals surface area (Å²) in [5.74, 6) is -0.754. The standard InChI is InChI=1S/C20H16N4O5S/c1-2-22-18-16-6-4-3-5-12(16)7-8-17(18)30-20(22)21-19(25)13-9-14(23(26)27)11-15(10-13)24(28)29/h3-6,9-11H,2,7-8H2,1H3. The fourth-order valence-electron chi connectivity index (χ4n) is 3.60. The van der Waals surface area contributed by atoms with Crippen LogP contribution in [0.4, 0.5) is 11.4 Å². The summed E-state index contributed by atoms with van der Waals surface area (Å²) in [4.78, 5) is 39.2. The van der Waals surface area contributed by atoms with E-state index in [0.717, 1.165) is 47.2 Å². The molecule has 3 aromatic rings. The number of nitro benzene ring substituents is 2. The highest BCUT2D eigenvalue weighted by atomic mass is 32.1. The lowest BCUT2D eigenvalue weighted by Gasteiger charge is -2.17. The number of thiazole rings is 1. The summed E-state index contributed by atoms with van der Waals surface area (Å²) in [6, 6.07) is 10.9. The van der Waals surface area contributed by atoms with Gasteiger partial charge in [-0.15, -0.1) is 11.3 Å². The highest BCUT2D eigenvalue weighted by Gasteiger charge is 2.23. The lowest BCUT2D eigenvalue weighted by Crippen LogP contribution is -2.18. The summed E-state index contributed by atoms with van der Waals surface area (Å²) in [5.41, 5.74) is 2.14. The van der Waals surface area contributed by atoms with Gasteiger partial charge in [-0.2, -0.15) is 4.99 Å². The third-order valence-electron chi connectivity index (χ3n) is 4.96. The number of aryl methyl sites for hydroxylation is 2. The topological polar surface area (TPSA) is 121 Å². The first-order valence-electron chi connectivity index (χ1n) is 9.22. The maximum Gasteiger partial charge on any atom is 0.280 e. The second kappa shape index (κ2) is 7.64. The van der Waals surface area contributed by atoms with Crippen molar-refractivity contribution in [1.82, 2.24) is 4.57 Å². The molecular weight excluding hydrogens is 408 g/mol. The van der Waals surface area contributed by atoms with Gasteiger partial charge in [0, 0.05) is 29.1 Å². The average Bonchev–Trinajstić information content (AvgIpc) is 3.10. The normalized spacial score (nSPS) is 12.9. The maximum absolute atomic E-state index is 12.8. The van der Waals surface area contributed by atoms with Crippen LogP contribution in [0.3, 0.4) is 0 Å². The van der Waals surface area contributed by atoms with Gasteiger partial charge in [0.25, 0.3) is 17.3 Å². The van der Waals surface area contributed by atoms with Gasteiger partial charge in [-0.05, 0) is 25.3 Å². The van der Waals surface area contributed by atoms with Crippen LogP contribution in [-0.2, 0) is 19.4 Å². The van der Waals surface area contributed by atoms with Gasteiger partial charge in [0.1, 0.15) is 0 Å². The van der Waals surface area contributed by atoms with Crippen molar-refractivity contribution in [2.45, 2.75) is 26.3 Å². The number of rotatable bonds is 4. The van der Waals surface area contributed by atoms with E-state index < -0.39 is 27.1 Å². The molecule has 0 spiro atoms. The van der Waals surface area contributed by atoms with E-state index in [2.05, 4.69) is 11.1 Å². The summed E-state index contributed by atoms with van der Waals surface area (Å²) in [6.07, 6.45) is 1.74. The van der Waals surface area contributed by atoms with Crippen molar-refractivity contribution in [2.75, 3.05) is 0 Å². The fourth-order valence-corrected chi connectivity index (χ4v) is 4.80. The number of non-ortho nitro benzene ring substituents is 2. The third-order valence-corrected chi connectivity index (χ3v) is 6.10. The van der Waals surface area contributed by atoms with E-state index >= 15 is 0 Å². The number of nitrogens with zero attached hydrogens (tertiary/aromatic N) is 4. The van der Waals surface area contributed by atoms with Crippen molar-refractivity contribution in [2.24, 2.45) is 4.99 Å². The van der Waals surface area contributed by atoms with Crippen LogP contribution >= 0.6 is 11.3 Å². The molecule has 0 radical (unpaired) electrons. The second-order valence-electron chi connectivity index (χ2n) is 6.73. The number of hydrogen-bond acceptors (Lipinski definition) is 6. The number of nitro groups is 2. The molecule has 9 nitrogen and oxygen atoms in total. The predicted molar refractivity (Wildman–Crippen MR) is 110 cm³/mol. The zero-order valence-corrected chi connectivity index (χ0v) is 16.7. The van der Waals surface area contributed by atoms with E-state index in [1.165, 1.54) is 16.9 Å². The summed E-state index contributed by atoms with van der Waals surface area (Å²) >= 11 is 1.40. The molecule has 1 aliphatic rings. The lowest BCUT2D eigenvalue weighted by molar-refractivity contribution is -0.394. The predicted octanol–water partition coefficient (Wildman–Crippen LogP) is 3.89. The van der Waals surface area contributed by atoms with E-state index in [-0.39, 0.29) is 5.56 Å². The van der Waals surface area contributed by atoms with Crippen LogP contribution in [0.15, 0.2) is 47.5 Å². The Bertz CT molecular complexity index is 1240. The summed E-state index contributed by atoms with van der Waals surface area (Å²) in [6.45, 7) is 2.54. The molecule has 0 unspecified atom stereocenters. The number of carbonyl (C=O) groups excluding carboxylic acids is 1. The Balaban J connectivity index is 1.84. The SMILES string of the molecule is CCn1c2c(sc1=NC(=O)c1cc([N+](=O)[O-])cc([N+](=O)[O-])c1)CCc1ccccc1-2. The van der Waals surface area contributed by atoms with Crippen LogP contribution in [0.2, 0.25) is 0 Å². The van der Waals surface area contributed by atoms with E-state index in [9.17, 15) is 25.0 Å². The van der Waals surface area contributed by atoms with Gasteiger partial charge in [-0.3, -0.25) is 25.0 Å². The van der Waals surface area contributed by atoms with E-state index in [0.29, 0.717) is 11.3 Å². The van der Waals surface area contributed by atoms with Crippen molar-refractivity contribution >= 4 is 28.6 Å². The minimum Gasteiger partial charge on any atom is -0.316 e. The molecule has 0 saturated heterocycles. The molecule has 1 aromatic heterocycles. The van der Waals surface area contributed by atoms with Gasteiger partial charge in [0.15, 0.2) is 4.80 Å². The van der Waals surface area contributed by atoms with Crippen molar-refractivity contribution in [1.29, 1.82) is 0 Å². The van der Waals surface area contributed by atoms with Gasteiger partial charge in [-0.25, -0.2) is 0 Å². The molecule has 0 fully saturated rings. The minimum absolute atomic E-state index is 0.190. The Morgan fingerprint density at radius 3 is 2.40 bits per heavy atom. The molecule has 0 aliphatic heterocycles. The van der Waals surface area contributed by atoms with E-state index in [1.54, 1.807) is 0 Å². The third kappa shape index (κ3) is 3.41. The summed E-state index contributed by atoms with van der Waals surface area (Å²) < 4.78 is 1.95. The Hall–Kier alpha value is -3.66. The molecule has 30 heavy (non-hydrogen) atoms. The summed E-state index contributed by atoms with van der Waals surface area (Å²) in [5, 5.41) is 22.2. The summed E-state index contributed by atoms with van der Waals surface area (Å²) in [7, 11) is 0. The van der Waals surface area contributed by atoms with Crippen molar-refractivity contribution in [3.8, 4) is 11.3 Å². The van der Waals surface area contributed by atoms with Crippen molar-refractivity contribution in [3.05, 3.63) is 83.5 Å². The molecule has 2 aromatic carbocycles. The average molecular weight is 424 g/mol. The van der Waals surface area contributed by atoms with Crippen LogP contribution < -0.4 is 4.80 Å². The largest absolute Gasteiger partial charge is 0.316 e. The van der Waals surface area contributed by atoms with Gasteiger partial charge in [0.2, 0.25) is 0 Å². The van der Waals surface area contributed by atoms with Crippen molar-refractivity contribution < 1.29 is 14.6 Å². The molecule has 152 valence electrons. The number of aromatic nitrogens is 1. The van der Waals surface area contributed by atoms with Crippen LogP contribution in [0, 0.1) is 20.2 Å². The van der Waals surface area contributed by atoms with Gasteiger partial charge >= 0.3 is 0 Å². The molecule has 1 aliphatic carbocycles. The molecule has 1 heterocycles. The Morgan fingerprint density at radius 1 is 1.10 bits per heavy atom. The molecule has 4 rings (SSSR count). The Labute approximate surface area is 174 Å². The molecule has 0 atom stereocenters. The van der Waals surface area contributed by atoms with Gasteiger partial charge in [0.05, 0.1) is 27.2 Å². The molecule has 10 heteroatoms. The molecule has 1 amide bonds. The first-order chi connectivity index (χ1) is 14.4. The monoisotopic (exact) mass is 424 g/mol. The smallest absolute Gasteiger partial charge is 0.280 e. The quantitative estimate of drug-likeness (QED) is 0.465. The molecule has 0 N–H and O–H groups in total. The number of carbonyl (C=O) groups is 1. The van der Waals surface area contributed by atoms with Crippen LogP contribution in [-0.4, -0.2) is 20.3 Å². The molecule has 0 bridgehead atoms. The van der Waals surface area contributed by atoms with E-state index in [4.69, 9.17) is 0 Å². The fraction of sp³-hybridized carbons (Fsp3) is 0.200. The minimum atomic E-state index is -0.767. The number of benzene rings is 2. The highest BCUT2D eigenvalue weighted by molar-refractivity contribution is 7.09. The Morgan fingerprint density at radius 2 is 1.77 bits per heavy atom. The van der Waals surface area contributed by atoms with Crippen molar-refractivity contribution in [3.63, 3.8) is 0 Å². The van der Waals surface area contributed by atoms with Crippen LogP contribution in [0.1, 0.15) is 27.7 Å². The van der Waals surface area contributed by atoms with Gasteiger partial charge in [-0.1, -0.05) is 24.3 Å². The zero-order valence-electron chi connectivity index (χ0n) is 15.9. The maximum atomic E-state index is 12.8. The molecule has 0 saturated carbocycles. The van der Waals surface area contributed by atoms with Gasteiger partial charge < -0.3 is 4.57 Å². The first-order valence-corrected chi connectivity index (χ1v) is 10.0. The van der Waals surface area contributed by atoms with E-state index in [1.807, 2.05) is 29.7 Å².